The van der Waals surface area contributed by atoms with Gasteiger partial charge in [-0.2, -0.15) is 5.10 Å². The Balaban J connectivity index is 1.60. The van der Waals surface area contributed by atoms with Crippen molar-refractivity contribution in [3.63, 3.8) is 0 Å². The third kappa shape index (κ3) is 2.28. The van der Waals surface area contributed by atoms with Crippen molar-refractivity contribution in [2.45, 2.75) is 36.7 Å². The molecule has 0 bridgehead atoms. The normalized spacial score (nSPS) is 27.0. The molecule has 2 fully saturated rings. The zero-order valence-corrected chi connectivity index (χ0v) is 15.9. The van der Waals surface area contributed by atoms with Crippen molar-refractivity contribution in [1.29, 1.82) is 0 Å². The first kappa shape index (κ1) is 16.0. The summed E-state index contributed by atoms with van der Waals surface area (Å²) >= 11 is 4.37. The molecule has 1 spiro atoms. The molecule has 1 atom stereocenters. The first-order valence-electron chi connectivity index (χ1n) is 8.93. The van der Waals surface area contributed by atoms with E-state index in [0.29, 0.717) is 4.08 Å². The number of hydrogen-bond donors (Lipinski definition) is 0. The van der Waals surface area contributed by atoms with Crippen LogP contribution >= 0.6 is 23.5 Å². The lowest BCUT2D eigenvalue weighted by atomic mass is 9.65. The van der Waals surface area contributed by atoms with E-state index in [1.165, 1.54) is 54.2 Å². The van der Waals surface area contributed by atoms with Crippen LogP contribution in [0.4, 0.5) is 4.39 Å². The number of benzene rings is 1. The van der Waals surface area contributed by atoms with Crippen molar-refractivity contribution < 1.29 is 4.39 Å². The first-order valence-corrected chi connectivity index (χ1v) is 10.9. The summed E-state index contributed by atoms with van der Waals surface area (Å²) < 4.78 is 15.6. The third-order valence-corrected chi connectivity index (χ3v) is 10.1. The van der Waals surface area contributed by atoms with Crippen LogP contribution in [-0.4, -0.2) is 25.4 Å². The molecule has 1 aliphatic heterocycles. The minimum absolute atomic E-state index is 0.208. The highest BCUT2D eigenvalue weighted by molar-refractivity contribution is 8.21. The molecule has 3 aliphatic rings. The molecule has 1 saturated heterocycles. The molecule has 2 aromatic rings. The highest BCUT2D eigenvalue weighted by Gasteiger charge is 2.55. The maximum Gasteiger partial charge on any atom is 0.123 e. The summed E-state index contributed by atoms with van der Waals surface area (Å²) in [6.45, 7) is 2.47. The average Bonchev–Trinajstić information content (AvgIpc) is 3.23. The van der Waals surface area contributed by atoms with Gasteiger partial charge in [0.25, 0.3) is 0 Å². The van der Waals surface area contributed by atoms with Crippen molar-refractivity contribution in [3.05, 3.63) is 53.1 Å². The number of aromatic nitrogens is 2. The van der Waals surface area contributed by atoms with Gasteiger partial charge in [-0.3, -0.25) is 0 Å². The van der Waals surface area contributed by atoms with Gasteiger partial charge >= 0.3 is 0 Å². The van der Waals surface area contributed by atoms with Crippen molar-refractivity contribution in [1.82, 2.24) is 9.78 Å². The number of halogens is 1. The van der Waals surface area contributed by atoms with Crippen molar-refractivity contribution in [2.75, 3.05) is 11.5 Å². The molecule has 1 unspecified atom stereocenters. The van der Waals surface area contributed by atoms with Gasteiger partial charge in [-0.15, -0.1) is 23.5 Å². The van der Waals surface area contributed by atoms with Gasteiger partial charge in [0.15, 0.2) is 0 Å². The van der Waals surface area contributed by atoms with Gasteiger partial charge in [-0.05, 0) is 61.6 Å². The predicted octanol–water partition coefficient (Wildman–Crippen LogP) is 5.32. The summed E-state index contributed by atoms with van der Waals surface area (Å²) in [5, 5.41) is 4.64. The van der Waals surface area contributed by atoms with Crippen LogP contribution in [-0.2, 0) is 6.42 Å². The molecule has 25 heavy (non-hydrogen) atoms. The molecule has 5 rings (SSSR count). The maximum atomic E-state index is 13.3. The molecule has 1 saturated carbocycles. The molecule has 130 valence electrons. The van der Waals surface area contributed by atoms with Crippen LogP contribution in [0.5, 0.6) is 0 Å². The number of nitrogens with zero attached hydrogens (tertiary/aromatic N) is 2. The summed E-state index contributed by atoms with van der Waals surface area (Å²) in [6.07, 6.45) is 9.25. The molecule has 1 aromatic heterocycles. The largest absolute Gasteiger partial charge is 0.233 e. The van der Waals surface area contributed by atoms with Crippen LogP contribution < -0.4 is 0 Å². The van der Waals surface area contributed by atoms with Gasteiger partial charge < -0.3 is 0 Å². The quantitative estimate of drug-likeness (QED) is 0.675. The monoisotopic (exact) mass is 372 g/mol. The average molecular weight is 373 g/mol. The number of allylic oxidation sites excluding steroid dienone is 1. The zero-order chi connectivity index (χ0) is 17.1. The SMILES string of the molecule is CC12Cc3cnn(-c4ccc(F)cc4)c3C=C1CCCC21SCCS1. The van der Waals surface area contributed by atoms with E-state index in [4.69, 9.17) is 0 Å². The molecular formula is C20H21FN2S2. The van der Waals surface area contributed by atoms with Crippen LogP contribution in [0.3, 0.4) is 0 Å². The van der Waals surface area contributed by atoms with E-state index < -0.39 is 0 Å². The number of hydrogen-bond acceptors (Lipinski definition) is 3. The van der Waals surface area contributed by atoms with Gasteiger partial charge in [0.05, 0.1) is 21.7 Å². The minimum atomic E-state index is -0.208. The van der Waals surface area contributed by atoms with E-state index >= 15 is 0 Å². The van der Waals surface area contributed by atoms with E-state index in [0.717, 1.165) is 12.1 Å². The minimum Gasteiger partial charge on any atom is -0.233 e. The molecule has 2 heterocycles. The van der Waals surface area contributed by atoms with Gasteiger partial charge in [0, 0.05) is 16.9 Å². The highest BCUT2D eigenvalue weighted by atomic mass is 32.2. The fourth-order valence-electron chi connectivity index (χ4n) is 4.72. The van der Waals surface area contributed by atoms with E-state index in [1.807, 2.05) is 10.9 Å². The van der Waals surface area contributed by atoms with Crippen molar-refractivity contribution >= 4 is 29.6 Å². The van der Waals surface area contributed by atoms with E-state index in [9.17, 15) is 4.39 Å². The lowest BCUT2D eigenvalue weighted by Crippen LogP contribution is -2.46. The molecule has 0 amide bonds. The lowest BCUT2D eigenvalue weighted by molar-refractivity contribution is 0.290. The Morgan fingerprint density at radius 3 is 2.68 bits per heavy atom. The van der Waals surface area contributed by atoms with Gasteiger partial charge in [0.2, 0.25) is 0 Å². The standard InChI is InChI=1S/C20H21FN2S2/c1-19-12-14-13-22-23(17-6-4-16(21)5-7-17)18(14)11-15(19)3-2-8-20(19)24-9-10-25-20/h4-7,11,13H,2-3,8-10,12H2,1H3. The van der Waals surface area contributed by atoms with Crippen LogP contribution in [0, 0.1) is 11.2 Å². The molecule has 0 N–H and O–H groups in total. The Morgan fingerprint density at radius 1 is 1.16 bits per heavy atom. The Morgan fingerprint density at radius 2 is 1.92 bits per heavy atom. The highest BCUT2D eigenvalue weighted by Crippen LogP contribution is 2.65. The number of fused-ring (bicyclic) bond motifs is 3. The summed E-state index contributed by atoms with van der Waals surface area (Å²) in [6, 6.07) is 6.62. The molecule has 1 aromatic carbocycles. The Kier molecular flexibility index (Phi) is 3.62. The molecule has 2 nitrogen and oxygen atoms in total. The van der Waals surface area contributed by atoms with E-state index in [-0.39, 0.29) is 11.2 Å². The summed E-state index contributed by atoms with van der Waals surface area (Å²) in [4.78, 5) is 0. The molecule has 5 heteroatoms. The zero-order valence-electron chi connectivity index (χ0n) is 14.3. The van der Waals surface area contributed by atoms with Gasteiger partial charge in [0.1, 0.15) is 5.82 Å². The third-order valence-electron chi connectivity index (χ3n) is 6.07. The fraction of sp³-hybridized carbons (Fsp3) is 0.450. The Labute approximate surface area is 156 Å². The van der Waals surface area contributed by atoms with Gasteiger partial charge in [-0.25, -0.2) is 9.07 Å². The summed E-state index contributed by atoms with van der Waals surface area (Å²) in [7, 11) is 0. The lowest BCUT2D eigenvalue weighted by Gasteiger charge is -2.52. The maximum absolute atomic E-state index is 13.3. The Hall–Kier alpha value is -1.20. The summed E-state index contributed by atoms with van der Waals surface area (Å²) in [5.74, 6) is 2.34. The van der Waals surface area contributed by atoms with Crippen molar-refractivity contribution in [3.8, 4) is 5.69 Å². The van der Waals surface area contributed by atoms with E-state index in [2.05, 4.69) is 41.6 Å². The second-order valence-electron chi connectivity index (χ2n) is 7.43. The van der Waals surface area contributed by atoms with Crippen LogP contribution in [0.1, 0.15) is 37.4 Å². The Bertz CT molecular complexity index is 849. The topological polar surface area (TPSA) is 17.8 Å². The van der Waals surface area contributed by atoms with Gasteiger partial charge in [-0.1, -0.05) is 12.5 Å². The molecule has 0 radical (unpaired) electrons. The summed E-state index contributed by atoms with van der Waals surface area (Å²) in [5.41, 5.74) is 5.24. The number of rotatable bonds is 1. The van der Waals surface area contributed by atoms with E-state index in [1.54, 1.807) is 17.7 Å². The van der Waals surface area contributed by atoms with Crippen LogP contribution in [0.15, 0.2) is 36.0 Å². The predicted molar refractivity (Wildman–Crippen MR) is 105 cm³/mol. The fourth-order valence-corrected chi connectivity index (χ4v) is 8.50. The molecule has 2 aliphatic carbocycles. The second kappa shape index (κ2) is 5.65. The second-order valence-corrected chi connectivity index (χ2v) is 10.5. The van der Waals surface area contributed by atoms with Crippen molar-refractivity contribution in [2.24, 2.45) is 5.41 Å². The number of thioether (sulfide) groups is 2. The van der Waals surface area contributed by atoms with Crippen LogP contribution in [0.2, 0.25) is 0 Å². The first-order chi connectivity index (χ1) is 12.1. The smallest absolute Gasteiger partial charge is 0.123 e. The molecular weight excluding hydrogens is 351 g/mol. The van der Waals surface area contributed by atoms with Crippen LogP contribution in [0.25, 0.3) is 11.8 Å².